The van der Waals surface area contributed by atoms with Crippen LogP contribution in [-0.4, -0.2) is 22.1 Å². The summed E-state index contributed by atoms with van der Waals surface area (Å²) in [7, 11) is 0. The molecule has 17 heavy (non-hydrogen) atoms. The molecule has 1 aromatic carbocycles. The number of rotatable bonds is 2. The third-order valence-corrected chi connectivity index (χ3v) is 3.53. The SMILES string of the molecule is CC1(Cc2cnc3ccccc3n2)CCCN1. The van der Waals surface area contributed by atoms with E-state index in [0.717, 1.165) is 29.7 Å². The molecule has 0 aliphatic carbocycles. The van der Waals surface area contributed by atoms with Gasteiger partial charge in [-0.1, -0.05) is 12.1 Å². The van der Waals surface area contributed by atoms with Gasteiger partial charge in [0.15, 0.2) is 0 Å². The topological polar surface area (TPSA) is 37.8 Å². The van der Waals surface area contributed by atoms with E-state index in [4.69, 9.17) is 0 Å². The highest BCUT2D eigenvalue weighted by molar-refractivity contribution is 5.73. The highest BCUT2D eigenvalue weighted by Crippen LogP contribution is 2.23. The number of hydrogen-bond donors (Lipinski definition) is 1. The van der Waals surface area contributed by atoms with Crippen molar-refractivity contribution in [3.8, 4) is 0 Å². The van der Waals surface area contributed by atoms with Gasteiger partial charge in [-0.05, 0) is 38.4 Å². The lowest BCUT2D eigenvalue weighted by Crippen LogP contribution is -2.38. The Labute approximate surface area is 101 Å². The van der Waals surface area contributed by atoms with Gasteiger partial charge in [-0.15, -0.1) is 0 Å². The molecule has 1 saturated heterocycles. The van der Waals surface area contributed by atoms with Crippen molar-refractivity contribution in [1.82, 2.24) is 15.3 Å². The molecule has 2 heterocycles. The second-order valence-corrected chi connectivity index (χ2v) is 5.12. The van der Waals surface area contributed by atoms with Crippen LogP contribution in [-0.2, 0) is 6.42 Å². The lowest BCUT2D eigenvalue weighted by atomic mass is 9.94. The quantitative estimate of drug-likeness (QED) is 0.855. The number of hydrogen-bond acceptors (Lipinski definition) is 3. The lowest BCUT2D eigenvalue weighted by molar-refractivity contribution is 0.408. The first-order valence-electron chi connectivity index (χ1n) is 6.21. The minimum atomic E-state index is 0.205. The van der Waals surface area contributed by atoms with Gasteiger partial charge in [0.1, 0.15) is 0 Å². The van der Waals surface area contributed by atoms with E-state index >= 15 is 0 Å². The molecule has 3 nitrogen and oxygen atoms in total. The van der Waals surface area contributed by atoms with E-state index in [-0.39, 0.29) is 5.54 Å². The van der Waals surface area contributed by atoms with Gasteiger partial charge in [0.25, 0.3) is 0 Å². The zero-order valence-corrected chi connectivity index (χ0v) is 10.1. The van der Waals surface area contributed by atoms with Crippen molar-refractivity contribution >= 4 is 11.0 Å². The van der Waals surface area contributed by atoms with Crippen molar-refractivity contribution in [2.24, 2.45) is 0 Å². The fourth-order valence-corrected chi connectivity index (χ4v) is 2.59. The highest BCUT2D eigenvalue weighted by atomic mass is 15.0. The minimum Gasteiger partial charge on any atom is -0.311 e. The third-order valence-electron chi connectivity index (χ3n) is 3.53. The van der Waals surface area contributed by atoms with Gasteiger partial charge in [-0.25, -0.2) is 4.98 Å². The van der Waals surface area contributed by atoms with Crippen LogP contribution in [0.2, 0.25) is 0 Å². The molecule has 0 bridgehead atoms. The highest BCUT2D eigenvalue weighted by Gasteiger charge is 2.28. The standard InChI is InChI=1S/C14H17N3/c1-14(7-4-8-16-14)9-11-10-15-12-5-2-3-6-13(12)17-11/h2-3,5-6,10,16H,4,7-9H2,1H3. The summed E-state index contributed by atoms with van der Waals surface area (Å²) in [6.45, 7) is 3.40. The molecule has 1 fully saturated rings. The largest absolute Gasteiger partial charge is 0.311 e. The van der Waals surface area contributed by atoms with Crippen LogP contribution < -0.4 is 5.32 Å². The monoisotopic (exact) mass is 227 g/mol. The lowest BCUT2D eigenvalue weighted by Gasteiger charge is -2.23. The Morgan fingerprint density at radius 1 is 1.29 bits per heavy atom. The van der Waals surface area contributed by atoms with Crippen LogP contribution in [0.15, 0.2) is 30.5 Å². The van der Waals surface area contributed by atoms with E-state index in [9.17, 15) is 0 Å². The minimum absolute atomic E-state index is 0.205. The second kappa shape index (κ2) is 4.08. The Balaban J connectivity index is 1.90. The molecule has 2 aromatic rings. The first-order chi connectivity index (χ1) is 8.25. The third kappa shape index (κ3) is 2.15. The van der Waals surface area contributed by atoms with Gasteiger partial charge < -0.3 is 5.32 Å². The van der Waals surface area contributed by atoms with Crippen molar-refractivity contribution in [3.05, 3.63) is 36.2 Å². The molecule has 1 N–H and O–H groups in total. The molecule has 1 aliphatic heterocycles. The normalized spacial score (nSPS) is 24.3. The summed E-state index contributed by atoms with van der Waals surface area (Å²) in [5, 5.41) is 3.56. The van der Waals surface area contributed by atoms with Crippen molar-refractivity contribution in [3.63, 3.8) is 0 Å². The molecule has 1 aromatic heterocycles. The number of para-hydroxylation sites is 2. The van der Waals surface area contributed by atoms with E-state index in [1.54, 1.807) is 0 Å². The molecule has 1 atom stereocenters. The van der Waals surface area contributed by atoms with Crippen molar-refractivity contribution in [2.75, 3.05) is 6.54 Å². The van der Waals surface area contributed by atoms with Crippen LogP contribution in [0.25, 0.3) is 11.0 Å². The number of benzene rings is 1. The van der Waals surface area contributed by atoms with Gasteiger partial charge in [0.2, 0.25) is 0 Å². The zero-order chi connectivity index (χ0) is 11.7. The van der Waals surface area contributed by atoms with E-state index in [1.165, 1.54) is 12.8 Å². The summed E-state index contributed by atoms with van der Waals surface area (Å²) >= 11 is 0. The fourth-order valence-electron chi connectivity index (χ4n) is 2.59. The van der Waals surface area contributed by atoms with Crippen molar-refractivity contribution < 1.29 is 0 Å². The smallest absolute Gasteiger partial charge is 0.0890 e. The fraction of sp³-hybridized carbons (Fsp3) is 0.429. The predicted molar refractivity (Wildman–Crippen MR) is 68.9 cm³/mol. The van der Waals surface area contributed by atoms with Gasteiger partial charge in [-0.2, -0.15) is 0 Å². The maximum absolute atomic E-state index is 4.68. The molecule has 1 unspecified atom stereocenters. The maximum Gasteiger partial charge on any atom is 0.0890 e. The summed E-state index contributed by atoms with van der Waals surface area (Å²) in [6.07, 6.45) is 5.36. The molecule has 0 amide bonds. The molecule has 0 saturated carbocycles. The second-order valence-electron chi connectivity index (χ2n) is 5.12. The van der Waals surface area contributed by atoms with E-state index in [2.05, 4.69) is 22.2 Å². The Bertz CT molecular complexity index is 530. The molecule has 1 aliphatic rings. The van der Waals surface area contributed by atoms with Gasteiger partial charge in [0, 0.05) is 18.2 Å². The Morgan fingerprint density at radius 2 is 2.12 bits per heavy atom. The average molecular weight is 227 g/mol. The number of aromatic nitrogens is 2. The van der Waals surface area contributed by atoms with Gasteiger partial charge >= 0.3 is 0 Å². The van der Waals surface area contributed by atoms with Crippen LogP contribution in [0.4, 0.5) is 0 Å². The van der Waals surface area contributed by atoms with Gasteiger partial charge in [0.05, 0.1) is 16.7 Å². The van der Waals surface area contributed by atoms with Crippen molar-refractivity contribution in [1.29, 1.82) is 0 Å². The van der Waals surface area contributed by atoms with Crippen LogP contribution in [0.3, 0.4) is 0 Å². The summed E-state index contributed by atoms with van der Waals surface area (Å²) in [5.74, 6) is 0. The molecule has 3 rings (SSSR count). The molecular formula is C14H17N3. The van der Waals surface area contributed by atoms with E-state index in [1.807, 2.05) is 30.5 Å². The van der Waals surface area contributed by atoms with Crippen LogP contribution in [0.5, 0.6) is 0 Å². The van der Waals surface area contributed by atoms with E-state index < -0.39 is 0 Å². The first-order valence-corrected chi connectivity index (χ1v) is 6.21. The van der Waals surface area contributed by atoms with Crippen molar-refractivity contribution in [2.45, 2.75) is 31.7 Å². The number of fused-ring (bicyclic) bond motifs is 1. The summed E-state index contributed by atoms with van der Waals surface area (Å²) < 4.78 is 0. The summed E-state index contributed by atoms with van der Waals surface area (Å²) in [5.41, 5.74) is 3.25. The van der Waals surface area contributed by atoms with Gasteiger partial charge in [-0.3, -0.25) is 4.98 Å². The maximum atomic E-state index is 4.68. The van der Waals surface area contributed by atoms with E-state index in [0.29, 0.717) is 0 Å². The molecule has 88 valence electrons. The average Bonchev–Trinajstić information content (AvgIpc) is 2.76. The predicted octanol–water partition coefficient (Wildman–Crippen LogP) is 2.31. The molecular weight excluding hydrogens is 210 g/mol. The van der Waals surface area contributed by atoms with Crippen LogP contribution in [0, 0.1) is 0 Å². The Morgan fingerprint density at radius 3 is 2.88 bits per heavy atom. The Hall–Kier alpha value is -1.48. The summed E-state index contributed by atoms with van der Waals surface area (Å²) in [4.78, 5) is 9.15. The number of nitrogens with one attached hydrogen (secondary N) is 1. The first kappa shape index (κ1) is 10.7. The van der Waals surface area contributed by atoms with Crippen LogP contribution in [0.1, 0.15) is 25.5 Å². The van der Waals surface area contributed by atoms with Crippen LogP contribution >= 0.6 is 0 Å². The summed E-state index contributed by atoms with van der Waals surface area (Å²) in [6, 6.07) is 8.03. The molecule has 3 heteroatoms. The Kier molecular flexibility index (Phi) is 2.56. The molecule has 0 spiro atoms. The number of nitrogens with zero attached hydrogens (tertiary/aromatic N) is 2. The molecule has 0 radical (unpaired) electrons. The zero-order valence-electron chi connectivity index (χ0n) is 10.1.